The molecule has 6 atom stereocenters. The highest BCUT2D eigenvalue weighted by atomic mass is 79.9. The van der Waals surface area contributed by atoms with E-state index in [1.54, 1.807) is 61.3 Å². The van der Waals surface area contributed by atoms with Gasteiger partial charge in [0.15, 0.2) is 29.9 Å². The van der Waals surface area contributed by atoms with Gasteiger partial charge in [-0.1, -0.05) is 191 Å². The molecule has 7 N–H and O–H groups in total. The molecule has 0 aliphatic carbocycles. The monoisotopic (exact) mass is 1650 g/mol. The molecule has 1 saturated heterocycles. The van der Waals surface area contributed by atoms with Crippen LogP contribution in [0.2, 0.25) is 0 Å². The Bertz CT molecular complexity index is 3100. The van der Waals surface area contributed by atoms with Gasteiger partial charge in [0.05, 0.1) is 0 Å². The van der Waals surface area contributed by atoms with Crippen LogP contribution in [0, 0.1) is 10.7 Å². The Morgan fingerprint density at radius 3 is 1.40 bits per heavy atom. The third-order valence-electron chi connectivity index (χ3n) is 11.9. The summed E-state index contributed by atoms with van der Waals surface area (Å²) in [6, 6.07) is 29.7. The van der Waals surface area contributed by atoms with Crippen LogP contribution in [0.15, 0.2) is 120 Å². The van der Waals surface area contributed by atoms with Crippen LogP contribution in [0.4, 0.5) is 0 Å². The summed E-state index contributed by atoms with van der Waals surface area (Å²) in [7, 11) is -6.80. The number of halogens is 6. The molecular formula is C54H91Br4Cl2N8O11P4S3-. The maximum absolute atomic E-state index is 13.2. The van der Waals surface area contributed by atoms with Crippen LogP contribution in [-0.4, -0.2) is 98.7 Å². The van der Waals surface area contributed by atoms with Crippen molar-refractivity contribution in [2.45, 2.75) is 106 Å². The van der Waals surface area contributed by atoms with Gasteiger partial charge in [0.2, 0.25) is 0 Å². The maximum Gasteiger partial charge on any atom is 0.354 e. The molecule has 19 nitrogen and oxygen atoms in total. The summed E-state index contributed by atoms with van der Waals surface area (Å²) in [5.74, 6) is 0.262. The number of aliphatic hydroxyl groups excluding tert-OH is 1. The molecule has 2 aliphatic rings. The standard InChI is InChI=1S/C12H17BrN3O2P.C12H16BrN2O2PS.C11H13BrNO3PS.C10H15BrNO3P.C2H6N.CCl2S.CH4O.5CH4/c1-4-16-11(14)15-12(2,19(16,17)18-3)9-5-7-10(13)8-6-9;1-4-15-11(19)14-12(2,18(15,16)17-3)9-5-7-10(13)8-6-9;1-11(18-8-13,17(14,15-2)16-3)9-4-6-10(12)7-5-9;1-10(12,16(13,14-2)15-3)8-4-6-9(11)7-5-8;1-2-3;2-1(3)4;1-2;;;;;/h5-8H,4H2,1-3H3,(H2,14,15);5-8H,4H2,1-3H3,(H,14,19);4-7H,1-3H3;4-7H,12H2,1-3H3;3H,2H2,1H3;;2H,1H3;5*1H4/q;;;;-1;;;;;;;/i;;;;;;;1T4;1T3;1T2;1T;. The topological polar surface area (TPSA) is 274 Å². The van der Waals surface area contributed by atoms with E-state index in [-0.39, 0.29) is 24.5 Å². The van der Waals surface area contributed by atoms with E-state index in [0.29, 0.717) is 35.9 Å². The van der Waals surface area contributed by atoms with E-state index in [1.165, 1.54) is 50.1 Å². The van der Waals surface area contributed by atoms with Gasteiger partial charge in [-0.2, -0.15) is 11.8 Å². The number of guanidine groups is 1. The number of thioether (sulfide) groups is 1. The molecule has 0 bridgehead atoms. The zero-order valence-corrected chi connectivity index (χ0v) is 63.8. The maximum atomic E-state index is 13.2. The van der Waals surface area contributed by atoms with Crippen LogP contribution in [0.1, 0.15) is 121 Å². The quantitative estimate of drug-likeness (QED) is 0.0372. The smallest absolute Gasteiger partial charge is 0.354 e. The fraction of sp³-hybridized carbons (Fsp3) is 0.481. The van der Waals surface area contributed by atoms with Crippen LogP contribution < -0.4 is 16.8 Å². The van der Waals surface area contributed by atoms with E-state index in [9.17, 15) is 18.3 Å². The third-order valence-corrected chi connectivity index (χ3v) is 27.0. The molecule has 0 aromatic heterocycles. The van der Waals surface area contributed by atoms with Crippen LogP contribution >= 0.6 is 153 Å². The fourth-order valence-electron chi connectivity index (χ4n) is 7.60. The van der Waals surface area contributed by atoms with Crippen molar-refractivity contribution in [1.29, 1.82) is 5.26 Å². The number of nitrogens with zero attached hydrogens (tertiary/aromatic N) is 4. The van der Waals surface area contributed by atoms with E-state index >= 15 is 0 Å². The molecule has 4 aromatic carbocycles. The second-order valence-corrected chi connectivity index (χ2v) is 34.7. The molecule has 1 fully saturated rings. The van der Waals surface area contributed by atoms with E-state index in [4.69, 9.17) is 104 Å². The Kier molecular flexibility index (Phi) is 38.3. The average Bonchev–Trinajstić information content (AvgIpc) is 1.56. The lowest BCUT2D eigenvalue weighted by Gasteiger charge is -2.32. The van der Waals surface area contributed by atoms with Gasteiger partial charge in [-0.15, -0.1) is 0 Å². The molecule has 6 rings (SSSR count). The summed E-state index contributed by atoms with van der Waals surface area (Å²) in [5, 5.41) is 18.6. The van der Waals surface area contributed by atoms with Gasteiger partial charge in [-0.3, -0.25) is 27.6 Å². The second-order valence-electron chi connectivity index (χ2n) is 16.5. The number of aliphatic hydroxyl groups is 1. The molecule has 6 unspecified atom stereocenters. The summed E-state index contributed by atoms with van der Waals surface area (Å²) < 4.78 is 147. The van der Waals surface area contributed by atoms with Gasteiger partial charge in [0, 0.05) is 94.5 Å². The number of nitrogens with one attached hydrogen (secondary N) is 2. The highest BCUT2D eigenvalue weighted by Gasteiger charge is 2.58. The van der Waals surface area contributed by atoms with Crippen molar-refractivity contribution in [2.75, 3.05) is 69.4 Å². The van der Waals surface area contributed by atoms with Crippen LogP contribution in [-0.2, 0) is 65.7 Å². The Balaban J connectivity index is -0.000000253. The first kappa shape index (κ1) is 75.5. The third kappa shape index (κ3) is 23.1. The summed E-state index contributed by atoms with van der Waals surface area (Å²) in [5.41, 5.74) is 21.3. The number of hydrogen-bond donors (Lipinski definition) is 4. The minimum Gasteiger partial charge on any atom is -0.678 e. The number of thiocarbonyl (C=S) groups is 2. The summed E-state index contributed by atoms with van der Waals surface area (Å²) in [4.78, 5) is 4.41. The van der Waals surface area contributed by atoms with Crippen LogP contribution in [0.25, 0.3) is 5.73 Å². The highest BCUT2D eigenvalue weighted by molar-refractivity contribution is 9.11. The molecule has 0 radical (unpaired) electrons. The number of thiocyanates is 1. The zero-order valence-electron chi connectivity index (χ0n) is 59.9. The SMILES string of the molecule is C.CCN1C(=S)NC(C)(c2ccc(Br)cc2)P1(=O)OC.CCN1C(N)=NC(C)(c2ccc(Br)cc2)P1(=O)OC.CC[NH-].CO.COP(=O)(OC)C(C)(N)c1ccc(Br)cc1.COP(=O)(OC)C(C)(SC#N)c1ccc(Br)cc1.S=C(Cl)Cl.[3H]C.[3H]C([3H])([3H])[3H].[3H]C([3H])[3H].[3H]C[3H]. The van der Waals surface area contributed by atoms with Gasteiger partial charge in [0.25, 0.3) is 0 Å². The molecule has 0 saturated carbocycles. The number of nitrogens with two attached hydrogens (primary N) is 2. The van der Waals surface area contributed by atoms with Crippen LogP contribution in [0.3, 0.4) is 0 Å². The fourth-order valence-corrected chi connectivity index (χ4v) is 18.4. The van der Waals surface area contributed by atoms with E-state index < -0.39 is 65.2 Å². The van der Waals surface area contributed by atoms with Crippen molar-refractivity contribution >= 4 is 168 Å². The number of aliphatic imine (C=N–C) groups is 1. The number of nitriles is 1. The summed E-state index contributed by atoms with van der Waals surface area (Å²) >= 11 is 33.2. The van der Waals surface area contributed by atoms with Crippen molar-refractivity contribution in [2.24, 2.45) is 16.5 Å². The molecular weight excluding hydrogens is 1550 g/mol. The lowest BCUT2D eigenvalue weighted by Crippen LogP contribution is -2.35. The van der Waals surface area contributed by atoms with Crippen molar-refractivity contribution in [3.05, 3.63) is 143 Å². The molecule has 0 amide bonds. The number of hydrogen-bond acceptors (Lipinski definition) is 18. The molecule has 86 heavy (non-hydrogen) atoms. The molecule has 494 valence electrons. The van der Waals surface area contributed by atoms with Crippen molar-refractivity contribution in [3.63, 3.8) is 0 Å². The van der Waals surface area contributed by atoms with Crippen molar-refractivity contribution < 1.29 is 64.2 Å². The Hall–Kier alpha value is -1.17. The Morgan fingerprint density at radius 2 is 1.09 bits per heavy atom. The van der Waals surface area contributed by atoms with Crippen LogP contribution in [0.5, 0.6) is 0 Å². The van der Waals surface area contributed by atoms with Crippen molar-refractivity contribution in [1.82, 2.24) is 14.7 Å². The lowest BCUT2D eigenvalue weighted by atomic mass is 10.1. The zero-order chi connectivity index (χ0) is 75.8. The first-order valence-electron chi connectivity index (χ1n) is 29.7. The summed E-state index contributed by atoms with van der Waals surface area (Å²) in [6.07, 6.45) is 0. The van der Waals surface area contributed by atoms with Gasteiger partial charge < -0.3 is 54.8 Å². The van der Waals surface area contributed by atoms with E-state index in [1.807, 2.05) is 99.0 Å². The largest absolute Gasteiger partial charge is 0.678 e. The molecule has 2 aliphatic heterocycles. The first-order valence-corrected chi connectivity index (χ1v) is 35.4. The first-order chi connectivity index (χ1) is 43.9. The molecule has 0 spiro atoms. The average molecular weight is 1660 g/mol. The minimum absolute atomic E-state index is 0. The summed E-state index contributed by atoms with van der Waals surface area (Å²) in [6.45, 7) is 14.1. The van der Waals surface area contributed by atoms with Gasteiger partial charge in [0.1, 0.15) is 10.7 Å². The molecule has 4 aromatic rings. The second kappa shape index (κ2) is 43.6. The normalized spacial score (nSPS) is 21.6. The number of rotatable bonds is 15. The Morgan fingerprint density at radius 1 is 0.779 bits per heavy atom. The highest BCUT2D eigenvalue weighted by Crippen LogP contribution is 2.71. The molecule has 32 heteroatoms. The predicted molar refractivity (Wildman–Crippen MR) is 389 cm³/mol. The van der Waals surface area contributed by atoms with Crippen molar-refractivity contribution in [3.8, 4) is 5.40 Å². The Labute approximate surface area is 587 Å². The molecule has 2 heterocycles. The lowest BCUT2D eigenvalue weighted by molar-refractivity contribution is 0.249. The van der Waals surface area contributed by atoms with E-state index in [0.717, 1.165) is 47.9 Å². The minimum atomic E-state index is -3.43. The predicted octanol–water partition coefficient (Wildman–Crippen LogP) is 19.8. The van der Waals surface area contributed by atoms with Gasteiger partial charge >= 0.3 is 30.2 Å². The van der Waals surface area contributed by atoms with Gasteiger partial charge in [-0.25, -0.2) is 4.99 Å². The number of benzene rings is 4. The van der Waals surface area contributed by atoms with Gasteiger partial charge in [-0.05, 0) is 136 Å². The van der Waals surface area contributed by atoms with E-state index in [2.05, 4.69) is 86.2 Å².